The standard InChI is InChI=1S/C53H76N6O6S2/c1-36(60)64-44-20-18-41-29-42(49(63)50-45(41)21-19-40-13-9-15-46(40)65-50)33-59-35-52(32-48(59)62,31-39-22-26-56-47(54)28-39)25-27-57-51(55)58-53(23-7-8-24-53)67-66-34-38(12-5-6-14-43(61)30-44)17-16-37-10-3-2-4-11-37/h2-4,10-11,22,28-29,38,40,43-44,46,56,61,63H,5-9,12-21,23-27,30-35,54H2,1H3,(H3,55,57,58)/t38-,40-,43+,44-,46-,52+/m1/s1. The number of nitrogens with zero attached hydrogens (tertiary/aromatic N) is 2. The predicted octanol–water partition coefficient (Wildman–Crippen LogP) is 8.71. The average Bonchev–Trinajstić information content (AvgIpc) is 3.99. The van der Waals surface area contributed by atoms with Crippen LogP contribution in [0.2, 0.25) is 0 Å². The van der Waals surface area contributed by atoms with Gasteiger partial charge in [0.05, 0.1) is 16.8 Å². The van der Waals surface area contributed by atoms with Crippen molar-refractivity contribution in [3.05, 3.63) is 82.2 Å². The zero-order valence-corrected chi connectivity index (χ0v) is 41.4. The molecule has 6 aliphatic rings. The number of hydrogen-bond acceptors (Lipinski definition) is 13. The van der Waals surface area contributed by atoms with Gasteiger partial charge in [0.15, 0.2) is 17.5 Å². The molecule has 12 nitrogen and oxygen atoms in total. The predicted molar refractivity (Wildman–Crippen MR) is 270 cm³/mol. The molecule has 0 unspecified atom stereocenters. The number of aliphatic hydroxyl groups excluding tert-OH is 1. The van der Waals surface area contributed by atoms with Crippen LogP contribution in [0, 0.1) is 17.3 Å². The Bertz CT molecular complexity index is 2110. The van der Waals surface area contributed by atoms with Gasteiger partial charge in [0, 0.05) is 68.2 Å². The van der Waals surface area contributed by atoms with Crippen LogP contribution in [0.25, 0.3) is 0 Å². The van der Waals surface area contributed by atoms with Crippen molar-refractivity contribution < 1.29 is 29.3 Å². The summed E-state index contributed by atoms with van der Waals surface area (Å²) in [5.74, 6) is 3.42. The Balaban J connectivity index is 1.08. The first kappa shape index (κ1) is 49.4. The van der Waals surface area contributed by atoms with E-state index in [4.69, 9.17) is 25.9 Å². The second-order valence-electron chi connectivity index (χ2n) is 20.6. The molecule has 1 saturated heterocycles. The van der Waals surface area contributed by atoms with Gasteiger partial charge in [0.2, 0.25) is 5.91 Å². The number of benzene rings is 2. The maximum absolute atomic E-state index is 14.3. The molecule has 0 radical (unpaired) electrons. The summed E-state index contributed by atoms with van der Waals surface area (Å²) in [4.78, 5) is 33.5. The lowest BCUT2D eigenvalue weighted by Crippen LogP contribution is -2.47. The van der Waals surface area contributed by atoms with Gasteiger partial charge in [-0.1, -0.05) is 83.7 Å². The molecular weight excluding hydrogens is 881 g/mol. The minimum atomic E-state index is -0.597. The molecule has 2 saturated carbocycles. The van der Waals surface area contributed by atoms with E-state index in [1.165, 1.54) is 12.5 Å². The minimum Gasteiger partial charge on any atom is -0.504 e. The minimum absolute atomic E-state index is 0.0379. The highest BCUT2D eigenvalue weighted by atomic mass is 33.1. The molecule has 6 atom stereocenters. The lowest BCUT2D eigenvalue weighted by atomic mass is 9.77. The fourth-order valence-corrected chi connectivity index (χ4v) is 15.3. The third-order valence-corrected chi connectivity index (χ3v) is 18.7. The summed E-state index contributed by atoms with van der Waals surface area (Å²) in [6, 6.07) is 12.8. The summed E-state index contributed by atoms with van der Waals surface area (Å²) < 4.78 is 12.7. The van der Waals surface area contributed by atoms with Crippen LogP contribution in [0.1, 0.15) is 145 Å². The van der Waals surface area contributed by atoms with Crippen molar-refractivity contribution in [2.45, 2.75) is 171 Å². The van der Waals surface area contributed by atoms with E-state index in [9.17, 15) is 19.8 Å². The number of carbonyl (C=O) groups excluding carboxylic acids is 2. The van der Waals surface area contributed by atoms with E-state index in [0.717, 1.165) is 112 Å². The molecule has 3 fully saturated rings. The number of rotatable bonds is 6. The number of fused-ring (bicyclic) bond motifs is 7. The number of nitrogens with two attached hydrogens (primary N) is 2. The van der Waals surface area contributed by atoms with E-state index < -0.39 is 17.6 Å². The number of nitrogens with one attached hydrogen (secondary N) is 2. The molecule has 67 heavy (non-hydrogen) atoms. The van der Waals surface area contributed by atoms with Crippen LogP contribution < -0.4 is 26.8 Å². The molecular formula is C53H76N6O6S2. The van der Waals surface area contributed by atoms with Crippen LogP contribution in [0.4, 0.5) is 0 Å². The monoisotopic (exact) mass is 957 g/mol. The van der Waals surface area contributed by atoms with Crippen LogP contribution in [0.3, 0.4) is 0 Å². The summed E-state index contributed by atoms with van der Waals surface area (Å²) in [6.45, 7) is 3.29. The first-order valence-corrected chi connectivity index (χ1v) is 27.7. The van der Waals surface area contributed by atoms with E-state index >= 15 is 0 Å². The molecule has 1 amide bonds. The number of aliphatic imine (C=N–C) groups is 1. The van der Waals surface area contributed by atoms with Gasteiger partial charge in [-0.15, -0.1) is 0 Å². The molecule has 8 N–H and O–H groups in total. The maximum Gasteiger partial charge on any atom is 0.302 e. The van der Waals surface area contributed by atoms with Crippen molar-refractivity contribution in [2.24, 2.45) is 33.7 Å². The molecule has 0 aromatic heterocycles. The number of hydrogen-bond donors (Lipinski definition) is 6. The summed E-state index contributed by atoms with van der Waals surface area (Å²) >= 11 is 0. The first-order valence-electron chi connectivity index (χ1n) is 25.4. The number of dihydropyridines is 1. The normalized spacial score (nSPS) is 28.9. The van der Waals surface area contributed by atoms with E-state index in [1.54, 1.807) is 0 Å². The van der Waals surface area contributed by atoms with Crippen LogP contribution in [-0.4, -0.2) is 81.5 Å². The number of phenols is 1. The topological polar surface area (TPSA) is 185 Å². The zero-order chi connectivity index (χ0) is 46.8. The number of allylic oxidation sites excluding steroid dienone is 2. The fraction of sp³-hybridized carbons (Fsp3) is 0.642. The van der Waals surface area contributed by atoms with Gasteiger partial charge in [0.1, 0.15) is 12.2 Å². The average molecular weight is 957 g/mol. The summed E-state index contributed by atoms with van der Waals surface area (Å²) in [5, 5.41) is 30.5. The fourth-order valence-electron chi connectivity index (χ4n) is 11.8. The Morgan fingerprint density at radius 1 is 1.00 bits per heavy atom. The Morgan fingerprint density at radius 3 is 2.63 bits per heavy atom. The summed E-state index contributed by atoms with van der Waals surface area (Å²) in [7, 11) is 3.87. The highest BCUT2D eigenvalue weighted by Gasteiger charge is 2.44. The molecule has 2 aromatic rings. The molecule has 14 heteroatoms. The Kier molecular flexibility index (Phi) is 17.0. The number of aryl methyl sites for hydroxylation is 2. The SMILES string of the molecule is CC(=O)O[C@@H]1CCc2cc(c(O)c3c2CC[C@H]2CCC[C@H]2O3)CN2C[C@](CC3=CCNC(N)=C3)(CCN=C(N)NC3(CCCC3)SSC[C@@H](CCc3ccccc3)CCCC[C@H](O)C1)CC2=O. The van der Waals surface area contributed by atoms with Crippen molar-refractivity contribution in [1.82, 2.24) is 15.5 Å². The molecule has 4 bridgehead atoms. The lowest BCUT2D eigenvalue weighted by Gasteiger charge is -2.31. The van der Waals surface area contributed by atoms with E-state index in [0.29, 0.717) is 99.5 Å². The van der Waals surface area contributed by atoms with Crippen molar-refractivity contribution in [3.8, 4) is 11.5 Å². The number of phenolic OH excluding ortho intramolecular Hbond substituents is 1. The zero-order valence-electron chi connectivity index (χ0n) is 39.8. The van der Waals surface area contributed by atoms with Gasteiger partial charge in [-0.3, -0.25) is 14.6 Å². The van der Waals surface area contributed by atoms with E-state index in [2.05, 4.69) is 53.1 Å². The molecule has 4 aliphatic heterocycles. The molecule has 8 rings (SSSR count). The summed E-state index contributed by atoms with van der Waals surface area (Å²) in [6.07, 6.45) is 21.4. The first-order chi connectivity index (χ1) is 32.4. The highest BCUT2D eigenvalue weighted by Crippen LogP contribution is 2.49. The smallest absolute Gasteiger partial charge is 0.302 e. The van der Waals surface area contributed by atoms with Crippen molar-refractivity contribution in [1.29, 1.82) is 0 Å². The van der Waals surface area contributed by atoms with Gasteiger partial charge in [-0.05, 0) is 137 Å². The third kappa shape index (κ3) is 13.4. The second-order valence-corrected chi connectivity index (χ2v) is 23.4. The number of carbonyl (C=O) groups is 2. The Morgan fingerprint density at radius 2 is 1.82 bits per heavy atom. The largest absolute Gasteiger partial charge is 0.504 e. The molecule has 2 aromatic carbocycles. The molecule has 2 aliphatic carbocycles. The molecule has 366 valence electrons. The van der Waals surface area contributed by atoms with Crippen molar-refractivity contribution in [3.63, 3.8) is 0 Å². The number of amides is 1. The van der Waals surface area contributed by atoms with Gasteiger partial charge in [-0.25, -0.2) is 0 Å². The van der Waals surface area contributed by atoms with Crippen LogP contribution in [0.15, 0.2) is 64.9 Å². The Hall–Kier alpha value is -4.01. The second kappa shape index (κ2) is 23.1. The highest BCUT2D eigenvalue weighted by molar-refractivity contribution is 8.77. The van der Waals surface area contributed by atoms with Crippen LogP contribution >= 0.6 is 21.6 Å². The number of aliphatic hydroxyl groups is 1. The Labute approximate surface area is 406 Å². The molecule has 4 heterocycles. The number of ether oxygens (including phenoxy) is 2. The maximum atomic E-state index is 14.3. The summed E-state index contributed by atoms with van der Waals surface area (Å²) in [5.41, 5.74) is 17.8. The number of esters is 1. The van der Waals surface area contributed by atoms with Crippen LogP contribution in [0.5, 0.6) is 11.5 Å². The molecule has 1 spiro atoms. The van der Waals surface area contributed by atoms with Gasteiger partial charge in [0.25, 0.3) is 0 Å². The number of aromatic hydroxyl groups is 1. The lowest BCUT2D eigenvalue weighted by molar-refractivity contribution is -0.148. The number of guanidine groups is 1. The van der Waals surface area contributed by atoms with Crippen molar-refractivity contribution >= 4 is 39.4 Å². The van der Waals surface area contributed by atoms with E-state index in [-0.39, 0.29) is 35.1 Å². The van der Waals surface area contributed by atoms with E-state index in [1.807, 2.05) is 32.6 Å². The van der Waals surface area contributed by atoms with Gasteiger partial charge >= 0.3 is 5.97 Å². The quantitative estimate of drug-likeness (QED) is 0.120. The third-order valence-electron chi connectivity index (χ3n) is 15.4. The van der Waals surface area contributed by atoms with Crippen LogP contribution in [-0.2, 0) is 40.1 Å². The van der Waals surface area contributed by atoms with Crippen molar-refractivity contribution in [2.75, 3.05) is 25.4 Å². The van der Waals surface area contributed by atoms with Gasteiger partial charge < -0.3 is 46.7 Å². The van der Waals surface area contributed by atoms with Gasteiger partial charge in [-0.2, -0.15) is 0 Å².